The summed E-state index contributed by atoms with van der Waals surface area (Å²) in [6.45, 7) is 1.09. The van der Waals surface area contributed by atoms with Gasteiger partial charge in [0.25, 0.3) is 0 Å². The van der Waals surface area contributed by atoms with Crippen LogP contribution < -0.4 is 5.32 Å². The van der Waals surface area contributed by atoms with Crippen molar-refractivity contribution in [1.29, 1.82) is 5.26 Å². The molecule has 0 saturated heterocycles. The third kappa shape index (κ3) is 3.12. The second-order valence-corrected chi connectivity index (χ2v) is 3.86. The molecule has 0 fully saturated rings. The molecule has 0 bridgehead atoms. The summed E-state index contributed by atoms with van der Waals surface area (Å²) in [6, 6.07) is 12.1. The van der Waals surface area contributed by atoms with Gasteiger partial charge in [-0.3, -0.25) is 0 Å². The Labute approximate surface area is 105 Å². The van der Waals surface area contributed by atoms with E-state index in [1.165, 1.54) is 12.1 Å². The van der Waals surface area contributed by atoms with Crippen molar-refractivity contribution >= 4 is 0 Å². The number of rotatable bonds is 4. The van der Waals surface area contributed by atoms with Crippen LogP contribution in [0.3, 0.4) is 0 Å². The number of aromatic nitrogens is 1. The van der Waals surface area contributed by atoms with Gasteiger partial charge in [-0.2, -0.15) is 5.26 Å². The molecule has 1 N–H and O–H groups in total. The molecule has 0 spiro atoms. The predicted molar refractivity (Wildman–Crippen MR) is 65.9 cm³/mol. The van der Waals surface area contributed by atoms with Crippen LogP contribution in [0.5, 0.6) is 0 Å². The zero-order valence-electron chi connectivity index (χ0n) is 9.73. The second-order valence-electron chi connectivity index (χ2n) is 3.86. The Kier molecular flexibility index (Phi) is 4.00. The lowest BCUT2D eigenvalue weighted by Gasteiger charge is -2.06. The Balaban J connectivity index is 1.95. The largest absolute Gasteiger partial charge is 0.309 e. The molecule has 0 saturated carbocycles. The van der Waals surface area contributed by atoms with Gasteiger partial charge in [0, 0.05) is 24.8 Å². The Hall–Kier alpha value is -2.25. The number of pyridine rings is 1. The molecule has 90 valence electrons. The number of benzene rings is 1. The average molecular weight is 241 g/mol. The van der Waals surface area contributed by atoms with Crippen LogP contribution in [0, 0.1) is 17.1 Å². The first-order valence-corrected chi connectivity index (χ1v) is 5.59. The van der Waals surface area contributed by atoms with Gasteiger partial charge in [0.15, 0.2) is 0 Å². The fourth-order valence-corrected chi connectivity index (χ4v) is 1.67. The molecule has 0 aliphatic carbocycles. The third-order valence-corrected chi connectivity index (χ3v) is 2.53. The molecule has 3 nitrogen and oxygen atoms in total. The smallest absolute Gasteiger partial charge is 0.144 e. The van der Waals surface area contributed by atoms with E-state index >= 15 is 0 Å². The highest BCUT2D eigenvalue weighted by Crippen LogP contribution is 2.06. The monoisotopic (exact) mass is 241 g/mol. The highest BCUT2D eigenvalue weighted by atomic mass is 19.1. The predicted octanol–water partition coefficient (Wildman–Crippen LogP) is 2.38. The lowest BCUT2D eigenvalue weighted by Crippen LogP contribution is -2.14. The van der Waals surface area contributed by atoms with Gasteiger partial charge in [0.2, 0.25) is 0 Å². The van der Waals surface area contributed by atoms with E-state index in [1.54, 1.807) is 18.3 Å². The third-order valence-electron chi connectivity index (χ3n) is 2.53. The van der Waals surface area contributed by atoms with Gasteiger partial charge in [-0.1, -0.05) is 18.2 Å². The van der Waals surface area contributed by atoms with Gasteiger partial charge in [-0.15, -0.1) is 0 Å². The fourth-order valence-electron chi connectivity index (χ4n) is 1.67. The quantitative estimate of drug-likeness (QED) is 0.894. The molecule has 1 aromatic carbocycles. The van der Waals surface area contributed by atoms with E-state index in [0.29, 0.717) is 18.8 Å². The minimum absolute atomic E-state index is 0.242. The molecule has 2 aromatic rings. The first-order chi connectivity index (χ1) is 8.79. The number of nitrogens with one attached hydrogen (secondary N) is 1. The first-order valence-electron chi connectivity index (χ1n) is 5.59. The van der Waals surface area contributed by atoms with Crippen molar-refractivity contribution in [3.8, 4) is 6.07 Å². The SMILES string of the molecule is N#Cc1ncccc1CNCc1cccc(F)c1. The van der Waals surface area contributed by atoms with Crippen LogP contribution in [-0.4, -0.2) is 4.98 Å². The van der Waals surface area contributed by atoms with Crippen LogP contribution in [0.4, 0.5) is 4.39 Å². The number of halogens is 1. The van der Waals surface area contributed by atoms with Gasteiger partial charge in [-0.05, 0) is 23.8 Å². The molecule has 0 amide bonds. The van der Waals surface area contributed by atoms with Gasteiger partial charge >= 0.3 is 0 Å². The normalized spacial score (nSPS) is 10.0. The van der Waals surface area contributed by atoms with Crippen LogP contribution in [0.2, 0.25) is 0 Å². The average Bonchev–Trinajstić information content (AvgIpc) is 2.39. The second kappa shape index (κ2) is 5.89. The van der Waals surface area contributed by atoms with Crippen molar-refractivity contribution in [2.75, 3.05) is 0 Å². The molecule has 1 aromatic heterocycles. The summed E-state index contributed by atoms with van der Waals surface area (Å²) in [6.07, 6.45) is 1.59. The van der Waals surface area contributed by atoms with Crippen LogP contribution in [-0.2, 0) is 13.1 Å². The van der Waals surface area contributed by atoms with Gasteiger partial charge in [0.05, 0.1) is 0 Å². The Morgan fingerprint density at radius 3 is 2.89 bits per heavy atom. The number of hydrogen-bond donors (Lipinski definition) is 1. The maximum Gasteiger partial charge on any atom is 0.144 e. The number of nitrogens with zero attached hydrogens (tertiary/aromatic N) is 2. The summed E-state index contributed by atoms with van der Waals surface area (Å²) in [7, 11) is 0. The van der Waals surface area contributed by atoms with E-state index in [2.05, 4.69) is 10.3 Å². The lowest BCUT2D eigenvalue weighted by molar-refractivity contribution is 0.620. The standard InChI is InChI=1S/C14H12FN3/c15-13-5-1-3-11(7-13)9-17-10-12-4-2-6-18-14(12)8-16/h1-7,17H,9-10H2. The minimum atomic E-state index is -0.242. The first kappa shape index (κ1) is 12.2. The van der Waals surface area contributed by atoms with Crippen molar-refractivity contribution in [3.63, 3.8) is 0 Å². The molecular weight excluding hydrogens is 229 g/mol. The highest BCUT2D eigenvalue weighted by molar-refractivity contribution is 5.30. The highest BCUT2D eigenvalue weighted by Gasteiger charge is 2.01. The van der Waals surface area contributed by atoms with Gasteiger partial charge in [0.1, 0.15) is 17.6 Å². The zero-order valence-corrected chi connectivity index (χ0v) is 9.73. The molecule has 0 unspecified atom stereocenters. The Morgan fingerprint density at radius 2 is 2.11 bits per heavy atom. The fraction of sp³-hybridized carbons (Fsp3) is 0.143. The van der Waals surface area contributed by atoms with E-state index in [4.69, 9.17) is 5.26 Å². The van der Waals surface area contributed by atoms with E-state index in [1.807, 2.05) is 18.2 Å². The summed E-state index contributed by atoms with van der Waals surface area (Å²) in [5.74, 6) is -0.242. The molecule has 0 aliphatic heterocycles. The van der Waals surface area contributed by atoms with Crippen molar-refractivity contribution in [1.82, 2.24) is 10.3 Å². The molecule has 4 heteroatoms. The zero-order chi connectivity index (χ0) is 12.8. The summed E-state index contributed by atoms with van der Waals surface area (Å²) in [5, 5.41) is 12.0. The molecule has 2 rings (SSSR count). The number of hydrogen-bond acceptors (Lipinski definition) is 3. The van der Waals surface area contributed by atoms with E-state index < -0.39 is 0 Å². The Bertz CT molecular complexity index is 575. The van der Waals surface area contributed by atoms with Crippen molar-refractivity contribution in [3.05, 3.63) is 65.2 Å². The minimum Gasteiger partial charge on any atom is -0.309 e. The van der Waals surface area contributed by atoms with Crippen LogP contribution in [0.25, 0.3) is 0 Å². The van der Waals surface area contributed by atoms with Gasteiger partial charge < -0.3 is 5.32 Å². The van der Waals surface area contributed by atoms with Crippen LogP contribution >= 0.6 is 0 Å². The van der Waals surface area contributed by atoms with E-state index in [0.717, 1.165) is 11.1 Å². The van der Waals surface area contributed by atoms with Crippen LogP contribution in [0.15, 0.2) is 42.6 Å². The Morgan fingerprint density at radius 1 is 1.22 bits per heavy atom. The van der Waals surface area contributed by atoms with E-state index in [9.17, 15) is 4.39 Å². The van der Waals surface area contributed by atoms with Gasteiger partial charge in [-0.25, -0.2) is 9.37 Å². The molecule has 0 radical (unpaired) electrons. The maximum atomic E-state index is 13.0. The summed E-state index contributed by atoms with van der Waals surface area (Å²) >= 11 is 0. The van der Waals surface area contributed by atoms with Crippen LogP contribution in [0.1, 0.15) is 16.8 Å². The molecule has 0 aliphatic rings. The van der Waals surface area contributed by atoms with E-state index in [-0.39, 0.29) is 5.82 Å². The summed E-state index contributed by atoms with van der Waals surface area (Å²) in [5.41, 5.74) is 2.14. The maximum absolute atomic E-state index is 13.0. The molecular formula is C14H12FN3. The topological polar surface area (TPSA) is 48.7 Å². The number of nitriles is 1. The molecule has 0 atom stereocenters. The van der Waals surface area contributed by atoms with Crippen molar-refractivity contribution in [2.45, 2.75) is 13.1 Å². The molecule has 1 heterocycles. The molecule has 18 heavy (non-hydrogen) atoms. The summed E-state index contributed by atoms with van der Waals surface area (Å²) in [4.78, 5) is 3.98. The summed E-state index contributed by atoms with van der Waals surface area (Å²) < 4.78 is 13.0. The van der Waals surface area contributed by atoms with Crippen molar-refractivity contribution < 1.29 is 4.39 Å². The van der Waals surface area contributed by atoms with Crippen molar-refractivity contribution in [2.24, 2.45) is 0 Å². The lowest BCUT2D eigenvalue weighted by atomic mass is 10.2.